The molecule has 2 aliphatic rings. The van der Waals surface area contributed by atoms with Gasteiger partial charge in [0.25, 0.3) is 0 Å². The zero-order valence-corrected chi connectivity index (χ0v) is 16.7. The summed E-state index contributed by atoms with van der Waals surface area (Å²) in [5, 5.41) is 9.55. The molecular weight excluding hydrogens is 382 g/mol. The maximum Gasteiger partial charge on any atom is 0.241 e. The van der Waals surface area contributed by atoms with E-state index < -0.39 is 28.1 Å². The van der Waals surface area contributed by atoms with Crippen LogP contribution in [0.5, 0.6) is 0 Å². The van der Waals surface area contributed by atoms with E-state index >= 15 is 0 Å². The van der Waals surface area contributed by atoms with Gasteiger partial charge in [0, 0.05) is 31.7 Å². The van der Waals surface area contributed by atoms with Crippen LogP contribution in [0.25, 0.3) is 0 Å². The molecule has 3 rings (SSSR count). The van der Waals surface area contributed by atoms with Crippen molar-refractivity contribution >= 4 is 27.5 Å². The third-order valence-corrected chi connectivity index (χ3v) is 6.90. The molecule has 2 saturated heterocycles. The van der Waals surface area contributed by atoms with Crippen molar-refractivity contribution in [3.8, 4) is 0 Å². The van der Waals surface area contributed by atoms with Crippen LogP contribution in [0, 0.1) is 13.8 Å². The summed E-state index contributed by atoms with van der Waals surface area (Å²) in [6.07, 6.45) is 1.71. The van der Waals surface area contributed by atoms with E-state index in [4.69, 9.17) is 0 Å². The van der Waals surface area contributed by atoms with E-state index in [1.54, 1.807) is 24.0 Å². The molecule has 2 fully saturated rings. The van der Waals surface area contributed by atoms with Crippen LogP contribution in [0.3, 0.4) is 0 Å². The number of hydrogen-bond acceptors (Lipinski definition) is 5. The van der Waals surface area contributed by atoms with Crippen molar-refractivity contribution in [2.45, 2.75) is 49.6 Å². The number of piperidine rings is 1. The SMILES string of the molecule is [CH2][C@H](NS(=O)(=O)c1cccc(N2CCCC2=O)c1C)C(=O)N1CCC(O)CC1. The molecule has 0 saturated carbocycles. The van der Waals surface area contributed by atoms with Crippen LogP contribution in [-0.2, 0) is 19.6 Å². The summed E-state index contributed by atoms with van der Waals surface area (Å²) in [6.45, 7) is 6.64. The Balaban J connectivity index is 1.77. The monoisotopic (exact) mass is 408 g/mol. The molecule has 153 valence electrons. The van der Waals surface area contributed by atoms with Crippen LogP contribution in [0.15, 0.2) is 23.1 Å². The molecule has 1 aromatic carbocycles. The van der Waals surface area contributed by atoms with Gasteiger partial charge in [0.2, 0.25) is 21.8 Å². The lowest BCUT2D eigenvalue weighted by Crippen LogP contribution is -2.50. The summed E-state index contributed by atoms with van der Waals surface area (Å²) in [4.78, 5) is 27.7. The molecule has 1 atom stereocenters. The largest absolute Gasteiger partial charge is 0.393 e. The first-order valence-electron chi connectivity index (χ1n) is 9.43. The molecule has 2 heterocycles. The zero-order valence-electron chi connectivity index (χ0n) is 15.9. The molecule has 2 amide bonds. The number of likely N-dealkylation sites (tertiary alicyclic amines) is 1. The minimum absolute atomic E-state index is 0.0249. The minimum Gasteiger partial charge on any atom is -0.393 e. The summed E-state index contributed by atoms with van der Waals surface area (Å²) in [7, 11) is -4.00. The van der Waals surface area contributed by atoms with E-state index in [2.05, 4.69) is 11.6 Å². The van der Waals surface area contributed by atoms with E-state index in [9.17, 15) is 23.1 Å². The van der Waals surface area contributed by atoms with E-state index in [1.807, 2.05) is 0 Å². The van der Waals surface area contributed by atoms with E-state index in [-0.39, 0.29) is 10.8 Å². The number of aliphatic hydroxyl groups is 1. The number of benzene rings is 1. The van der Waals surface area contributed by atoms with Gasteiger partial charge in [-0.1, -0.05) is 6.07 Å². The van der Waals surface area contributed by atoms with Crippen LogP contribution in [0.1, 0.15) is 31.2 Å². The number of rotatable bonds is 5. The van der Waals surface area contributed by atoms with Crippen molar-refractivity contribution in [2.24, 2.45) is 0 Å². The van der Waals surface area contributed by atoms with Crippen molar-refractivity contribution < 1.29 is 23.1 Å². The lowest BCUT2D eigenvalue weighted by atomic mass is 10.1. The molecule has 0 unspecified atom stereocenters. The Labute approximate surface area is 165 Å². The van der Waals surface area contributed by atoms with Gasteiger partial charge in [-0.2, -0.15) is 4.72 Å². The summed E-state index contributed by atoms with van der Waals surface area (Å²) < 4.78 is 28.1. The smallest absolute Gasteiger partial charge is 0.241 e. The van der Waals surface area contributed by atoms with Crippen molar-refractivity contribution in [3.63, 3.8) is 0 Å². The first-order chi connectivity index (χ1) is 13.2. The Kier molecular flexibility index (Phi) is 6.07. The van der Waals surface area contributed by atoms with Gasteiger partial charge in [-0.05, 0) is 50.8 Å². The molecule has 2 N–H and O–H groups in total. The highest BCUT2D eigenvalue weighted by atomic mass is 32.2. The van der Waals surface area contributed by atoms with Crippen LogP contribution < -0.4 is 9.62 Å². The van der Waals surface area contributed by atoms with Crippen LogP contribution >= 0.6 is 0 Å². The number of nitrogens with one attached hydrogen (secondary N) is 1. The summed E-state index contributed by atoms with van der Waals surface area (Å²) in [5.74, 6) is -0.442. The Hall–Kier alpha value is -1.97. The summed E-state index contributed by atoms with van der Waals surface area (Å²) in [5.41, 5.74) is 1.04. The molecule has 28 heavy (non-hydrogen) atoms. The standard InChI is InChI=1S/C19H26N3O5S/c1-13-16(22-10-4-7-18(22)24)5-3-6-17(13)28(26,27)20-14(2)19(25)21-11-8-15(23)9-12-21/h3,5-6,14-15,20,23H,2,4,7-12H2,1H3/t14-/m0/s1. The third-order valence-electron chi connectivity index (χ3n) is 5.28. The van der Waals surface area contributed by atoms with Gasteiger partial charge in [0.1, 0.15) is 6.04 Å². The average Bonchev–Trinajstić information content (AvgIpc) is 3.07. The Morgan fingerprint density at radius 1 is 1.29 bits per heavy atom. The fourth-order valence-corrected chi connectivity index (χ4v) is 5.06. The number of carbonyl (C=O) groups is 2. The van der Waals surface area contributed by atoms with Gasteiger partial charge < -0.3 is 14.9 Å². The molecule has 8 nitrogen and oxygen atoms in total. The predicted octanol–water partition coefficient (Wildman–Crippen LogP) is 0.586. The maximum atomic E-state index is 12.9. The Bertz CT molecular complexity index is 862. The van der Waals surface area contributed by atoms with E-state index in [1.165, 1.54) is 11.0 Å². The third kappa shape index (κ3) is 4.21. The second kappa shape index (κ2) is 8.18. The predicted molar refractivity (Wildman–Crippen MR) is 104 cm³/mol. The van der Waals surface area contributed by atoms with Crippen LogP contribution in [0.4, 0.5) is 5.69 Å². The number of amides is 2. The summed E-state index contributed by atoms with van der Waals surface area (Å²) >= 11 is 0. The van der Waals surface area contributed by atoms with Gasteiger partial charge in [0.15, 0.2) is 0 Å². The van der Waals surface area contributed by atoms with E-state index in [0.29, 0.717) is 50.1 Å². The first kappa shape index (κ1) is 20.8. The van der Waals surface area contributed by atoms with Gasteiger partial charge in [-0.25, -0.2) is 8.42 Å². The van der Waals surface area contributed by atoms with Crippen LogP contribution in [0.2, 0.25) is 0 Å². The van der Waals surface area contributed by atoms with Crippen molar-refractivity contribution in [2.75, 3.05) is 24.5 Å². The second-order valence-electron chi connectivity index (χ2n) is 7.28. The molecule has 1 radical (unpaired) electrons. The van der Waals surface area contributed by atoms with Gasteiger partial charge >= 0.3 is 0 Å². The van der Waals surface area contributed by atoms with Crippen molar-refractivity contribution in [3.05, 3.63) is 30.7 Å². The molecule has 0 aliphatic carbocycles. The number of aliphatic hydroxyl groups excluding tert-OH is 1. The second-order valence-corrected chi connectivity index (χ2v) is 8.96. The minimum atomic E-state index is -4.00. The number of nitrogens with zero attached hydrogens (tertiary/aromatic N) is 2. The van der Waals surface area contributed by atoms with Gasteiger partial charge in [0.05, 0.1) is 11.0 Å². The summed E-state index contributed by atoms with van der Waals surface area (Å²) in [6, 6.07) is 3.60. The molecule has 1 aromatic rings. The quantitative estimate of drug-likeness (QED) is 0.741. The number of anilines is 1. The highest BCUT2D eigenvalue weighted by Gasteiger charge is 2.30. The van der Waals surface area contributed by atoms with Gasteiger partial charge in [-0.15, -0.1) is 0 Å². The number of hydrogen-bond donors (Lipinski definition) is 2. The van der Waals surface area contributed by atoms with Crippen molar-refractivity contribution in [1.29, 1.82) is 0 Å². The molecule has 9 heteroatoms. The lowest BCUT2D eigenvalue weighted by Gasteiger charge is -2.31. The molecule has 0 aromatic heterocycles. The molecule has 0 bridgehead atoms. The maximum absolute atomic E-state index is 12.9. The van der Waals surface area contributed by atoms with Crippen molar-refractivity contribution in [1.82, 2.24) is 9.62 Å². The van der Waals surface area contributed by atoms with Crippen LogP contribution in [-0.4, -0.2) is 62.0 Å². The highest BCUT2D eigenvalue weighted by molar-refractivity contribution is 7.89. The average molecular weight is 409 g/mol. The number of sulfonamides is 1. The fraction of sp³-hybridized carbons (Fsp3) is 0.526. The topological polar surface area (TPSA) is 107 Å². The van der Waals surface area contributed by atoms with E-state index in [0.717, 1.165) is 6.42 Å². The fourth-order valence-electron chi connectivity index (χ4n) is 3.70. The van der Waals surface area contributed by atoms with Gasteiger partial charge in [-0.3, -0.25) is 9.59 Å². The first-order valence-corrected chi connectivity index (χ1v) is 10.9. The molecular formula is C19H26N3O5S. The Morgan fingerprint density at radius 3 is 2.57 bits per heavy atom. The highest BCUT2D eigenvalue weighted by Crippen LogP contribution is 2.29. The number of carbonyl (C=O) groups excluding carboxylic acids is 2. The zero-order chi connectivity index (χ0) is 20.5. The Morgan fingerprint density at radius 2 is 1.96 bits per heavy atom. The normalized spacial score (nSPS) is 19.9. The molecule has 2 aliphatic heterocycles. The lowest BCUT2D eigenvalue weighted by molar-refractivity contribution is -0.133. The molecule has 0 spiro atoms.